The summed E-state index contributed by atoms with van der Waals surface area (Å²) >= 11 is 0. The second-order valence-corrected chi connectivity index (χ2v) is 5.07. The Labute approximate surface area is 96.3 Å². The van der Waals surface area contributed by atoms with E-state index in [4.69, 9.17) is 4.74 Å². The molecule has 3 aliphatic rings. The summed E-state index contributed by atoms with van der Waals surface area (Å²) in [5.74, 6) is 2.00. The van der Waals surface area contributed by atoms with Crippen LogP contribution in [0.5, 0.6) is 0 Å². The molecule has 2 heteroatoms. The highest BCUT2D eigenvalue weighted by molar-refractivity contribution is 5.22. The Morgan fingerprint density at radius 2 is 1.94 bits per heavy atom. The fourth-order valence-corrected chi connectivity index (χ4v) is 3.67. The van der Waals surface area contributed by atoms with Gasteiger partial charge in [-0.1, -0.05) is 30.4 Å². The lowest BCUT2D eigenvalue weighted by molar-refractivity contribution is -0.00801. The third-order valence-electron chi connectivity index (χ3n) is 4.26. The minimum atomic E-state index is -0.284. The summed E-state index contributed by atoms with van der Waals surface area (Å²) in [6, 6.07) is 0. The van der Waals surface area contributed by atoms with Crippen LogP contribution in [0, 0.1) is 23.7 Å². The van der Waals surface area contributed by atoms with E-state index in [1.54, 1.807) is 6.08 Å². The summed E-state index contributed by atoms with van der Waals surface area (Å²) in [5.41, 5.74) is 0. The molecule has 1 fully saturated rings. The Morgan fingerprint density at radius 3 is 2.69 bits per heavy atom. The molecule has 2 unspecified atom stereocenters. The van der Waals surface area contributed by atoms with E-state index >= 15 is 0 Å². The number of allylic oxidation sites excluding steroid dienone is 2. The molecule has 0 heterocycles. The van der Waals surface area contributed by atoms with Gasteiger partial charge in [0.2, 0.25) is 0 Å². The molecule has 3 aliphatic carbocycles. The Bertz CT molecular complexity index is 345. The van der Waals surface area contributed by atoms with Gasteiger partial charge in [-0.2, -0.15) is 0 Å². The van der Waals surface area contributed by atoms with Crippen molar-refractivity contribution in [3.05, 3.63) is 37.0 Å². The molecule has 0 aromatic carbocycles. The monoisotopic (exact) mass is 218 g/mol. The third kappa shape index (κ3) is 1.40. The van der Waals surface area contributed by atoms with E-state index in [2.05, 4.69) is 18.7 Å². The molecule has 0 amide bonds. The Morgan fingerprint density at radius 1 is 1.19 bits per heavy atom. The molecule has 1 saturated carbocycles. The van der Waals surface area contributed by atoms with Crippen molar-refractivity contribution in [2.45, 2.75) is 18.6 Å². The predicted molar refractivity (Wildman–Crippen MR) is 62.8 cm³/mol. The van der Waals surface area contributed by atoms with Crippen LogP contribution < -0.4 is 0 Å². The Balaban J connectivity index is 1.83. The number of rotatable bonds is 3. The van der Waals surface area contributed by atoms with Gasteiger partial charge in [-0.05, 0) is 18.3 Å². The van der Waals surface area contributed by atoms with E-state index in [1.165, 1.54) is 6.42 Å². The summed E-state index contributed by atoms with van der Waals surface area (Å²) in [6.45, 7) is 4.27. The van der Waals surface area contributed by atoms with Crippen LogP contribution in [0.15, 0.2) is 37.0 Å². The topological polar surface area (TPSA) is 29.5 Å². The number of ether oxygens (including phenoxy) is 1. The molecule has 2 nitrogen and oxygen atoms in total. The molecule has 0 aromatic rings. The number of aliphatic hydroxyl groups is 1. The summed E-state index contributed by atoms with van der Waals surface area (Å²) in [4.78, 5) is 0. The van der Waals surface area contributed by atoms with Crippen molar-refractivity contribution in [1.29, 1.82) is 0 Å². The van der Waals surface area contributed by atoms with Crippen molar-refractivity contribution < 1.29 is 9.84 Å². The average Bonchev–Trinajstić information content (AvgIpc) is 2.89. The predicted octanol–water partition coefficient (Wildman–Crippen LogP) is 1.93. The highest BCUT2D eigenvalue weighted by Crippen LogP contribution is 2.53. The standard InChI is InChI=1S/C14H18O2/c1-2-7-16-12-6-5-11(15)13-9-3-4-10(8-9)14(12)13/h2-6,9-15H,1,7-8H2/t9-,10+,11+,12-,13?,14?/m1/s1. The normalized spacial score (nSPS) is 48.3. The molecular weight excluding hydrogens is 200 g/mol. The van der Waals surface area contributed by atoms with Crippen LogP contribution in [-0.2, 0) is 4.74 Å². The average molecular weight is 218 g/mol. The number of fused-ring (bicyclic) bond motifs is 5. The lowest BCUT2D eigenvalue weighted by Crippen LogP contribution is -2.41. The molecular formula is C14H18O2. The minimum Gasteiger partial charge on any atom is -0.389 e. The van der Waals surface area contributed by atoms with Gasteiger partial charge in [0.25, 0.3) is 0 Å². The highest BCUT2D eigenvalue weighted by atomic mass is 16.5. The van der Waals surface area contributed by atoms with Crippen molar-refractivity contribution in [2.24, 2.45) is 23.7 Å². The van der Waals surface area contributed by atoms with Crippen molar-refractivity contribution in [3.8, 4) is 0 Å². The maximum atomic E-state index is 10.0. The second kappa shape index (κ2) is 3.86. The molecule has 86 valence electrons. The maximum Gasteiger partial charge on any atom is 0.0798 e. The fraction of sp³-hybridized carbons (Fsp3) is 0.571. The van der Waals surface area contributed by atoms with Crippen molar-refractivity contribution in [3.63, 3.8) is 0 Å². The quantitative estimate of drug-likeness (QED) is 0.733. The first-order chi connectivity index (χ1) is 7.81. The zero-order valence-corrected chi connectivity index (χ0v) is 9.33. The maximum absolute atomic E-state index is 10.0. The van der Waals surface area contributed by atoms with Crippen LogP contribution in [0.25, 0.3) is 0 Å². The van der Waals surface area contributed by atoms with Crippen molar-refractivity contribution in [1.82, 2.24) is 0 Å². The number of hydrogen-bond acceptors (Lipinski definition) is 2. The van der Waals surface area contributed by atoms with Crippen LogP contribution >= 0.6 is 0 Å². The number of hydrogen-bond donors (Lipinski definition) is 1. The molecule has 0 spiro atoms. The second-order valence-electron chi connectivity index (χ2n) is 5.07. The fourth-order valence-electron chi connectivity index (χ4n) is 3.67. The lowest BCUT2D eigenvalue weighted by Gasteiger charge is -2.38. The minimum absolute atomic E-state index is 0.159. The van der Waals surface area contributed by atoms with Gasteiger partial charge in [0.15, 0.2) is 0 Å². The summed E-state index contributed by atoms with van der Waals surface area (Å²) in [7, 11) is 0. The summed E-state index contributed by atoms with van der Waals surface area (Å²) < 4.78 is 5.80. The first-order valence-corrected chi connectivity index (χ1v) is 6.08. The van der Waals surface area contributed by atoms with Crippen LogP contribution in [0.2, 0.25) is 0 Å². The molecule has 0 saturated heterocycles. The first kappa shape index (κ1) is 10.3. The Hall–Kier alpha value is -0.860. The molecule has 6 atom stereocenters. The van der Waals surface area contributed by atoms with Crippen molar-refractivity contribution >= 4 is 0 Å². The van der Waals surface area contributed by atoms with E-state index in [-0.39, 0.29) is 12.2 Å². The summed E-state index contributed by atoms with van der Waals surface area (Å²) in [5, 5.41) is 10.0. The SMILES string of the molecule is C=CCO[C@@H]1C=C[C@H](O)C2C1[C@H]1C=C[C@@H]2C1. The van der Waals surface area contributed by atoms with E-state index in [0.717, 1.165) is 0 Å². The van der Waals surface area contributed by atoms with Gasteiger partial charge < -0.3 is 9.84 Å². The van der Waals surface area contributed by atoms with Crippen LogP contribution in [0.1, 0.15) is 6.42 Å². The highest BCUT2D eigenvalue weighted by Gasteiger charge is 2.51. The van der Waals surface area contributed by atoms with Gasteiger partial charge in [0.05, 0.1) is 18.8 Å². The van der Waals surface area contributed by atoms with E-state index in [1.807, 2.05) is 12.2 Å². The zero-order chi connectivity index (χ0) is 11.1. The van der Waals surface area contributed by atoms with Gasteiger partial charge in [0.1, 0.15) is 0 Å². The largest absolute Gasteiger partial charge is 0.389 e. The lowest BCUT2D eigenvalue weighted by atomic mass is 9.73. The molecule has 1 N–H and O–H groups in total. The van der Waals surface area contributed by atoms with Gasteiger partial charge in [0, 0.05) is 11.8 Å². The molecule has 0 aromatic heterocycles. The van der Waals surface area contributed by atoms with E-state index < -0.39 is 0 Å². The van der Waals surface area contributed by atoms with E-state index in [9.17, 15) is 5.11 Å². The first-order valence-electron chi connectivity index (χ1n) is 6.08. The van der Waals surface area contributed by atoms with Gasteiger partial charge >= 0.3 is 0 Å². The van der Waals surface area contributed by atoms with Crippen molar-refractivity contribution in [2.75, 3.05) is 6.61 Å². The van der Waals surface area contributed by atoms with Crippen LogP contribution in [0.3, 0.4) is 0 Å². The third-order valence-corrected chi connectivity index (χ3v) is 4.26. The van der Waals surface area contributed by atoms with E-state index in [0.29, 0.717) is 30.3 Å². The molecule has 0 aliphatic heterocycles. The van der Waals surface area contributed by atoms with Crippen LogP contribution in [-0.4, -0.2) is 23.9 Å². The molecule has 2 bridgehead atoms. The van der Waals surface area contributed by atoms with Gasteiger partial charge in [-0.25, -0.2) is 0 Å². The van der Waals surface area contributed by atoms with Crippen LogP contribution in [0.4, 0.5) is 0 Å². The number of aliphatic hydroxyl groups excluding tert-OH is 1. The smallest absolute Gasteiger partial charge is 0.0798 e. The van der Waals surface area contributed by atoms with Gasteiger partial charge in [-0.3, -0.25) is 0 Å². The molecule has 16 heavy (non-hydrogen) atoms. The molecule has 3 rings (SSSR count). The van der Waals surface area contributed by atoms with Gasteiger partial charge in [-0.15, -0.1) is 6.58 Å². The Kier molecular flexibility index (Phi) is 2.49. The summed E-state index contributed by atoms with van der Waals surface area (Å²) in [6.07, 6.45) is 11.4. The molecule has 0 radical (unpaired) electrons. The zero-order valence-electron chi connectivity index (χ0n) is 9.33.